The normalized spacial score (nSPS) is 10.1. The van der Waals surface area contributed by atoms with Gasteiger partial charge in [-0.15, -0.1) is 0 Å². The molecule has 0 atom stereocenters. The molecule has 0 radical (unpaired) electrons. The molecule has 0 aliphatic carbocycles. The highest BCUT2D eigenvalue weighted by molar-refractivity contribution is 5.45. The van der Waals surface area contributed by atoms with Crippen molar-refractivity contribution in [2.75, 3.05) is 0 Å². The van der Waals surface area contributed by atoms with Crippen molar-refractivity contribution in [2.24, 2.45) is 0 Å². The van der Waals surface area contributed by atoms with E-state index >= 15 is 0 Å². The van der Waals surface area contributed by atoms with Gasteiger partial charge >= 0.3 is 0 Å². The largest absolute Gasteiger partial charge is 0.198 e. The molecule has 3 heteroatoms. The summed E-state index contributed by atoms with van der Waals surface area (Å²) in [5.74, 6) is 0. The number of hydrogen-bond acceptors (Lipinski definition) is 3. The monoisotopic (exact) mass is 237 g/mol. The van der Waals surface area contributed by atoms with Gasteiger partial charge in [-0.3, -0.25) is 0 Å². The summed E-state index contributed by atoms with van der Waals surface area (Å²) >= 11 is 0. The minimum absolute atomic E-state index is 0.468. The Morgan fingerprint density at radius 3 is 2.33 bits per heavy atom. The summed E-state index contributed by atoms with van der Waals surface area (Å²) in [5, 5.41) is 27.2. The van der Waals surface area contributed by atoms with Gasteiger partial charge in [0.2, 0.25) is 0 Å². The second kappa shape index (κ2) is 6.43. The average Bonchev–Trinajstić information content (AvgIpc) is 2.43. The van der Waals surface area contributed by atoms with E-state index in [1.54, 1.807) is 0 Å². The van der Waals surface area contributed by atoms with Crippen LogP contribution in [0.4, 0.5) is 0 Å². The highest BCUT2D eigenvalue weighted by Gasteiger charge is 2.32. The van der Waals surface area contributed by atoms with Crippen LogP contribution >= 0.6 is 0 Å². The molecule has 0 unspecified atom stereocenters. The number of nitriles is 3. The van der Waals surface area contributed by atoms with Gasteiger partial charge in [0.1, 0.15) is 0 Å². The van der Waals surface area contributed by atoms with E-state index in [2.05, 4.69) is 18.2 Å². The van der Waals surface area contributed by atoms with Gasteiger partial charge < -0.3 is 0 Å². The van der Waals surface area contributed by atoms with Crippen LogP contribution in [0, 0.1) is 34.0 Å². The van der Waals surface area contributed by atoms with Crippen LogP contribution in [0.1, 0.15) is 37.3 Å². The van der Waals surface area contributed by atoms with E-state index in [0.717, 1.165) is 24.0 Å². The summed E-state index contributed by atoms with van der Waals surface area (Å²) in [6, 6.07) is 13.9. The third kappa shape index (κ3) is 2.68. The molecular formula is C15H15N3. The lowest BCUT2D eigenvalue weighted by molar-refractivity contribution is 0.658. The first-order valence-electron chi connectivity index (χ1n) is 6.02. The molecule has 0 fully saturated rings. The molecule has 3 nitrogen and oxygen atoms in total. The Morgan fingerprint density at radius 2 is 1.78 bits per heavy atom. The third-order valence-electron chi connectivity index (χ3n) is 3.12. The maximum absolute atomic E-state index is 9.30. The molecule has 1 aromatic carbocycles. The predicted octanol–water partition coefficient (Wildman–Crippen LogP) is 3.23. The zero-order valence-corrected chi connectivity index (χ0v) is 10.5. The number of unbranched alkanes of at least 4 members (excludes halogenated alkanes) is 1. The zero-order chi connectivity index (χ0) is 13.4. The molecule has 0 aliphatic heterocycles. The maximum atomic E-state index is 9.30. The quantitative estimate of drug-likeness (QED) is 0.738. The average molecular weight is 237 g/mol. The second-order valence-corrected chi connectivity index (χ2v) is 4.15. The Balaban J connectivity index is 3.13. The highest BCUT2D eigenvalue weighted by atomic mass is 14.4. The van der Waals surface area contributed by atoms with E-state index < -0.39 is 5.41 Å². The number of benzene rings is 1. The number of rotatable bonds is 5. The Morgan fingerprint density at radius 1 is 1.11 bits per heavy atom. The van der Waals surface area contributed by atoms with Gasteiger partial charge in [-0.05, 0) is 30.4 Å². The third-order valence-corrected chi connectivity index (χ3v) is 3.12. The molecule has 90 valence electrons. The molecule has 0 N–H and O–H groups in total. The lowest BCUT2D eigenvalue weighted by atomic mass is 9.78. The van der Waals surface area contributed by atoms with Gasteiger partial charge in [0, 0.05) is 6.42 Å². The molecule has 0 saturated heterocycles. The van der Waals surface area contributed by atoms with E-state index in [4.69, 9.17) is 5.26 Å². The summed E-state index contributed by atoms with van der Waals surface area (Å²) in [6.45, 7) is 1.85. The summed E-state index contributed by atoms with van der Waals surface area (Å²) in [5.41, 5.74) is 0.719. The fourth-order valence-electron chi connectivity index (χ4n) is 2.01. The molecular weight excluding hydrogens is 222 g/mol. The van der Waals surface area contributed by atoms with Crippen LogP contribution in [0.2, 0.25) is 0 Å². The molecule has 0 heterocycles. The standard InChI is InChI=1S/C15H15N3/c1-2-15(11-17,12-18)14-9-4-3-7-13(14)8-5-6-10-16/h3-4,7,9H,2,5-6,8H2,1H3. The van der Waals surface area contributed by atoms with Crippen LogP contribution < -0.4 is 0 Å². The smallest absolute Gasteiger partial charge is 0.168 e. The molecule has 0 saturated carbocycles. The SMILES string of the molecule is CCC(C#N)(C#N)c1ccccc1CCCC#N. The van der Waals surface area contributed by atoms with Crippen molar-refractivity contribution in [1.29, 1.82) is 15.8 Å². The van der Waals surface area contributed by atoms with Crippen LogP contribution in [0.15, 0.2) is 24.3 Å². The summed E-state index contributed by atoms with van der Waals surface area (Å²) in [7, 11) is 0. The fraction of sp³-hybridized carbons (Fsp3) is 0.400. The summed E-state index contributed by atoms with van der Waals surface area (Å²) in [6.07, 6.45) is 2.45. The van der Waals surface area contributed by atoms with Crippen molar-refractivity contribution >= 4 is 0 Å². The van der Waals surface area contributed by atoms with Gasteiger partial charge in [-0.2, -0.15) is 15.8 Å². The summed E-state index contributed by atoms with van der Waals surface area (Å²) in [4.78, 5) is 0. The lowest BCUT2D eigenvalue weighted by Crippen LogP contribution is -2.22. The molecule has 1 aromatic rings. The highest BCUT2D eigenvalue weighted by Crippen LogP contribution is 2.30. The molecule has 0 aliphatic rings. The van der Waals surface area contributed by atoms with Crippen LogP contribution in [0.5, 0.6) is 0 Å². The van der Waals surface area contributed by atoms with Crippen molar-refractivity contribution in [3.63, 3.8) is 0 Å². The van der Waals surface area contributed by atoms with Crippen LogP contribution in [0.3, 0.4) is 0 Å². The molecule has 0 bridgehead atoms. The molecule has 0 aromatic heterocycles. The van der Waals surface area contributed by atoms with Crippen LogP contribution in [0.25, 0.3) is 0 Å². The topological polar surface area (TPSA) is 71.4 Å². The Hall–Kier alpha value is -2.31. The van der Waals surface area contributed by atoms with Crippen LogP contribution in [-0.2, 0) is 11.8 Å². The van der Waals surface area contributed by atoms with E-state index in [1.807, 2.05) is 31.2 Å². The minimum atomic E-state index is -1.07. The first kappa shape index (κ1) is 13.8. The first-order chi connectivity index (χ1) is 8.74. The lowest BCUT2D eigenvalue weighted by Gasteiger charge is -2.20. The Bertz CT molecular complexity index is 512. The molecule has 0 spiro atoms. The van der Waals surface area contributed by atoms with Gasteiger partial charge in [0.15, 0.2) is 5.41 Å². The fourth-order valence-corrected chi connectivity index (χ4v) is 2.01. The Labute approximate surface area is 108 Å². The van der Waals surface area contributed by atoms with E-state index in [1.165, 1.54) is 0 Å². The van der Waals surface area contributed by atoms with Crippen molar-refractivity contribution in [2.45, 2.75) is 38.0 Å². The zero-order valence-electron chi connectivity index (χ0n) is 10.5. The van der Waals surface area contributed by atoms with Gasteiger partial charge in [0.25, 0.3) is 0 Å². The molecule has 0 amide bonds. The van der Waals surface area contributed by atoms with Gasteiger partial charge in [0.05, 0.1) is 18.2 Å². The van der Waals surface area contributed by atoms with Crippen molar-refractivity contribution < 1.29 is 0 Å². The summed E-state index contributed by atoms with van der Waals surface area (Å²) < 4.78 is 0. The number of nitrogens with zero attached hydrogens (tertiary/aromatic N) is 3. The molecule has 1 rings (SSSR count). The van der Waals surface area contributed by atoms with Crippen molar-refractivity contribution in [3.05, 3.63) is 35.4 Å². The van der Waals surface area contributed by atoms with Crippen molar-refractivity contribution in [1.82, 2.24) is 0 Å². The molecule has 18 heavy (non-hydrogen) atoms. The Kier molecular flexibility index (Phi) is 4.91. The predicted molar refractivity (Wildman–Crippen MR) is 68.2 cm³/mol. The van der Waals surface area contributed by atoms with Crippen molar-refractivity contribution in [3.8, 4) is 18.2 Å². The van der Waals surface area contributed by atoms with E-state index in [9.17, 15) is 10.5 Å². The maximum Gasteiger partial charge on any atom is 0.168 e. The minimum Gasteiger partial charge on any atom is -0.198 e. The number of aryl methyl sites for hydroxylation is 1. The van der Waals surface area contributed by atoms with Gasteiger partial charge in [-0.25, -0.2) is 0 Å². The van der Waals surface area contributed by atoms with Gasteiger partial charge in [-0.1, -0.05) is 31.2 Å². The second-order valence-electron chi connectivity index (χ2n) is 4.15. The first-order valence-corrected chi connectivity index (χ1v) is 6.02. The van der Waals surface area contributed by atoms with E-state index in [-0.39, 0.29) is 0 Å². The van der Waals surface area contributed by atoms with E-state index in [0.29, 0.717) is 12.8 Å². The van der Waals surface area contributed by atoms with Crippen LogP contribution in [-0.4, -0.2) is 0 Å². The number of hydrogen-bond donors (Lipinski definition) is 0.